The maximum absolute atomic E-state index is 5.84. The Morgan fingerprint density at radius 3 is 2.56 bits per heavy atom. The second kappa shape index (κ2) is 5.69. The monoisotopic (exact) mass is 263 g/mol. The molecule has 0 bridgehead atoms. The van der Waals surface area contributed by atoms with E-state index in [0.717, 1.165) is 11.3 Å². The van der Waals surface area contributed by atoms with Crippen molar-refractivity contribution in [3.63, 3.8) is 0 Å². The molecule has 0 saturated carbocycles. The minimum absolute atomic E-state index is 0.446. The molecule has 0 N–H and O–H groups in total. The van der Waals surface area contributed by atoms with Crippen molar-refractivity contribution >= 4 is 17.5 Å². The van der Waals surface area contributed by atoms with Crippen molar-refractivity contribution in [2.45, 2.75) is 6.54 Å². The quantitative estimate of drug-likeness (QED) is 0.795. The number of methoxy groups -OCH3 is 1. The zero-order valence-electron chi connectivity index (χ0n) is 10.3. The van der Waals surface area contributed by atoms with E-state index in [1.807, 2.05) is 36.2 Å². The molecule has 0 fully saturated rings. The fraction of sp³-hybridized carbons (Fsp3) is 0.231. The van der Waals surface area contributed by atoms with Gasteiger partial charge in [0.15, 0.2) is 0 Å². The summed E-state index contributed by atoms with van der Waals surface area (Å²) >= 11 is 5.84. The van der Waals surface area contributed by atoms with Gasteiger partial charge in [-0.05, 0) is 23.8 Å². The third-order valence-corrected chi connectivity index (χ3v) is 2.74. The lowest BCUT2D eigenvalue weighted by molar-refractivity contribution is 0.414. The van der Waals surface area contributed by atoms with E-state index in [-0.39, 0.29) is 0 Å². The molecule has 0 aliphatic rings. The largest absolute Gasteiger partial charge is 0.497 e. The van der Waals surface area contributed by atoms with E-state index >= 15 is 0 Å². The van der Waals surface area contributed by atoms with Crippen molar-refractivity contribution in [3.8, 4) is 5.75 Å². The van der Waals surface area contributed by atoms with Gasteiger partial charge in [0, 0.05) is 19.8 Å². The minimum Gasteiger partial charge on any atom is -0.497 e. The summed E-state index contributed by atoms with van der Waals surface area (Å²) in [6.45, 7) is 0.713. The van der Waals surface area contributed by atoms with E-state index in [1.165, 1.54) is 0 Å². The van der Waals surface area contributed by atoms with Crippen molar-refractivity contribution in [1.82, 2.24) is 9.97 Å². The van der Waals surface area contributed by atoms with Crippen LogP contribution in [0.3, 0.4) is 0 Å². The molecule has 2 aromatic rings. The van der Waals surface area contributed by atoms with Crippen LogP contribution in [0, 0.1) is 0 Å². The zero-order valence-corrected chi connectivity index (χ0v) is 11.1. The molecule has 0 atom stereocenters. The van der Waals surface area contributed by atoms with E-state index in [9.17, 15) is 0 Å². The Bertz CT molecular complexity index is 516. The highest BCUT2D eigenvalue weighted by Gasteiger charge is 2.05. The third kappa shape index (κ3) is 3.11. The van der Waals surface area contributed by atoms with Crippen LogP contribution in [0.4, 0.5) is 5.95 Å². The number of hydrogen-bond donors (Lipinski definition) is 0. The van der Waals surface area contributed by atoms with Gasteiger partial charge < -0.3 is 9.64 Å². The highest BCUT2D eigenvalue weighted by atomic mass is 35.5. The molecule has 4 nitrogen and oxygen atoms in total. The van der Waals surface area contributed by atoms with Gasteiger partial charge in [0.25, 0.3) is 0 Å². The summed E-state index contributed by atoms with van der Waals surface area (Å²) in [6.07, 6.45) is 1.65. The SMILES string of the molecule is COc1ccc(CN(C)c2nccc(Cl)n2)cc1. The van der Waals surface area contributed by atoms with Crippen molar-refractivity contribution in [3.05, 3.63) is 47.2 Å². The molecular weight excluding hydrogens is 250 g/mol. The van der Waals surface area contributed by atoms with E-state index in [4.69, 9.17) is 16.3 Å². The van der Waals surface area contributed by atoms with Crippen molar-refractivity contribution in [2.24, 2.45) is 0 Å². The smallest absolute Gasteiger partial charge is 0.226 e. The molecule has 0 radical (unpaired) electrons. The van der Waals surface area contributed by atoms with Gasteiger partial charge in [-0.15, -0.1) is 0 Å². The summed E-state index contributed by atoms with van der Waals surface area (Å²) in [5.41, 5.74) is 1.15. The molecule has 2 rings (SSSR count). The number of anilines is 1. The maximum atomic E-state index is 5.84. The molecule has 18 heavy (non-hydrogen) atoms. The van der Waals surface area contributed by atoms with Gasteiger partial charge in [0.2, 0.25) is 5.95 Å². The lowest BCUT2D eigenvalue weighted by atomic mass is 10.2. The van der Waals surface area contributed by atoms with Crippen LogP contribution >= 0.6 is 11.6 Å². The Labute approximate surface area is 111 Å². The third-order valence-electron chi connectivity index (χ3n) is 2.53. The first-order chi connectivity index (χ1) is 8.69. The number of nitrogens with zero attached hydrogens (tertiary/aromatic N) is 3. The van der Waals surface area contributed by atoms with Crippen molar-refractivity contribution in [1.29, 1.82) is 0 Å². The fourth-order valence-electron chi connectivity index (χ4n) is 1.59. The van der Waals surface area contributed by atoms with Crippen LogP contribution in [0.1, 0.15) is 5.56 Å². The van der Waals surface area contributed by atoms with E-state index in [2.05, 4.69) is 9.97 Å². The molecule has 94 valence electrons. The summed E-state index contributed by atoms with van der Waals surface area (Å²) in [5, 5.41) is 0.446. The topological polar surface area (TPSA) is 38.2 Å². The molecule has 0 spiro atoms. The molecule has 0 aliphatic heterocycles. The van der Waals surface area contributed by atoms with E-state index < -0.39 is 0 Å². The van der Waals surface area contributed by atoms with Crippen LogP contribution in [-0.2, 0) is 6.54 Å². The predicted octanol–water partition coefficient (Wildman–Crippen LogP) is 2.78. The predicted molar refractivity (Wildman–Crippen MR) is 72.1 cm³/mol. The zero-order chi connectivity index (χ0) is 13.0. The van der Waals surface area contributed by atoms with Gasteiger partial charge in [-0.1, -0.05) is 23.7 Å². The number of hydrogen-bond acceptors (Lipinski definition) is 4. The second-order valence-corrected chi connectivity index (χ2v) is 4.27. The molecule has 0 amide bonds. The molecule has 1 aromatic carbocycles. The Morgan fingerprint density at radius 1 is 1.22 bits per heavy atom. The van der Waals surface area contributed by atoms with Crippen LogP contribution in [0.2, 0.25) is 5.15 Å². The van der Waals surface area contributed by atoms with Crippen LogP contribution in [-0.4, -0.2) is 24.1 Å². The molecular formula is C13H14ClN3O. The Hall–Kier alpha value is -1.81. The van der Waals surface area contributed by atoms with Gasteiger partial charge in [-0.25, -0.2) is 9.97 Å². The molecule has 0 saturated heterocycles. The highest BCUT2D eigenvalue weighted by Crippen LogP contribution is 2.15. The van der Waals surface area contributed by atoms with Crippen molar-refractivity contribution in [2.75, 3.05) is 19.1 Å². The lowest BCUT2D eigenvalue weighted by Gasteiger charge is -2.17. The lowest BCUT2D eigenvalue weighted by Crippen LogP contribution is -2.18. The second-order valence-electron chi connectivity index (χ2n) is 3.88. The number of rotatable bonds is 4. The first kappa shape index (κ1) is 12.6. The van der Waals surface area contributed by atoms with Gasteiger partial charge >= 0.3 is 0 Å². The maximum Gasteiger partial charge on any atom is 0.226 e. The Balaban J connectivity index is 2.08. The van der Waals surface area contributed by atoms with Gasteiger partial charge in [-0.3, -0.25) is 0 Å². The van der Waals surface area contributed by atoms with E-state index in [1.54, 1.807) is 19.4 Å². The van der Waals surface area contributed by atoms with Crippen LogP contribution < -0.4 is 9.64 Å². The highest BCUT2D eigenvalue weighted by molar-refractivity contribution is 6.29. The number of aromatic nitrogens is 2. The van der Waals surface area contributed by atoms with Crippen LogP contribution in [0.25, 0.3) is 0 Å². The first-order valence-electron chi connectivity index (χ1n) is 5.51. The standard InChI is InChI=1S/C13H14ClN3O/c1-17(13-15-8-7-12(14)16-13)9-10-3-5-11(18-2)6-4-10/h3-8H,9H2,1-2H3. The molecule has 0 aliphatic carbocycles. The molecule has 1 heterocycles. The number of halogens is 1. The minimum atomic E-state index is 0.446. The van der Waals surface area contributed by atoms with E-state index in [0.29, 0.717) is 17.6 Å². The summed E-state index contributed by atoms with van der Waals surface area (Å²) < 4.78 is 5.12. The van der Waals surface area contributed by atoms with Gasteiger partial charge in [0.05, 0.1) is 7.11 Å². The number of benzene rings is 1. The van der Waals surface area contributed by atoms with Crippen molar-refractivity contribution < 1.29 is 4.74 Å². The average molecular weight is 264 g/mol. The number of ether oxygens (including phenoxy) is 1. The molecule has 5 heteroatoms. The van der Waals surface area contributed by atoms with Crippen LogP contribution in [0.15, 0.2) is 36.5 Å². The summed E-state index contributed by atoms with van der Waals surface area (Å²) in [5.74, 6) is 1.46. The van der Waals surface area contributed by atoms with Crippen LogP contribution in [0.5, 0.6) is 5.75 Å². The fourth-order valence-corrected chi connectivity index (χ4v) is 1.72. The Morgan fingerprint density at radius 2 is 1.94 bits per heavy atom. The normalized spacial score (nSPS) is 10.2. The van der Waals surface area contributed by atoms with Gasteiger partial charge in [0.1, 0.15) is 10.9 Å². The average Bonchev–Trinajstić information content (AvgIpc) is 2.39. The van der Waals surface area contributed by atoms with Gasteiger partial charge in [-0.2, -0.15) is 0 Å². The molecule has 0 unspecified atom stereocenters. The summed E-state index contributed by atoms with van der Waals surface area (Å²) in [4.78, 5) is 10.3. The Kier molecular flexibility index (Phi) is 3.99. The summed E-state index contributed by atoms with van der Waals surface area (Å²) in [6, 6.07) is 9.55. The summed E-state index contributed by atoms with van der Waals surface area (Å²) in [7, 11) is 3.58. The first-order valence-corrected chi connectivity index (χ1v) is 5.89. The molecule has 1 aromatic heterocycles.